The van der Waals surface area contributed by atoms with Gasteiger partial charge in [-0.1, -0.05) is 6.07 Å². The summed E-state index contributed by atoms with van der Waals surface area (Å²) in [6, 6.07) is 2.97. The summed E-state index contributed by atoms with van der Waals surface area (Å²) in [4.78, 5) is 0. The van der Waals surface area contributed by atoms with E-state index in [1.54, 1.807) is 0 Å². The van der Waals surface area contributed by atoms with E-state index in [4.69, 9.17) is 5.73 Å². The van der Waals surface area contributed by atoms with E-state index in [2.05, 4.69) is 0 Å². The molecule has 2 unspecified atom stereocenters. The maximum atomic E-state index is 14.6. The molecule has 18 heavy (non-hydrogen) atoms. The maximum Gasteiger partial charge on any atom is 0.416 e. The van der Waals surface area contributed by atoms with Crippen LogP contribution in [0.1, 0.15) is 36.0 Å². The van der Waals surface area contributed by atoms with E-state index in [1.165, 1.54) is 13.0 Å². The van der Waals surface area contributed by atoms with E-state index in [9.17, 15) is 17.6 Å². The second kappa shape index (κ2) is 4.23. The molecule has 1 aliphatic rings. The SMILES string of the molecule is Cc1cc(C(F)(F)F)ccc1C1(F)CCC(N)C1. The first-order valence-corrected chi connectivity index (χ1v) is 5.85. The van der Waals surface area contributed by atoms with Gasteiger partial charge >= 0.3 is 6.18 Å². The molecule has 2 N–H and O–H groups in total. The molecule has 0 saturated heterocycles. The molecule has 1 aromatic rings. The highest BCUT2D eigenvalue weighted by atomic mass is 19.4. The van der Waals surface area contributed by atoms with Gasteiger partial charge in [0.15, 0.2) is 0 Å². The third-order valence-electron chi connectivity index (χ3n) is 3.53. The number of hydrogen-bond donors (Lipinski definition) is 1. The largest absolute Gasteiger partial charge is 0.416 e. The number of rotatable bonds is 1. The van der Waals surface area contributed by atoms with Gasteiger partial charge in [0.05, 0.1) is 5.56 Å². The zero-order valence-electron chi connectivity index (χ0n) is 10.0. The van der Waals surface area contributed by atoms with Gasteiger partial charge in [-0.05, 0) is 43.0 Å². The summed E-state index contributed by atoms with van der Waals surface area (Å²) in [5, 5.41) is 0. The molecule has 0 radical (unpaired) electrons. The second-order valence-corrected chi connectivity index (χ2v) is 5.00. The minimum absolute atomic E-state index is 0.180. The van der Waals surface area contributed by atoms with Crippen molar-refractivity contribution >= 4 is 0 Å². The molecule has 0 heterocycles. The van der Waals surface area contributed by atoms with Crippen LogP contribution in [0.15, 0.2) is 18.2 Å². The summed E-state index contributed by atoms with van der Waals surface area (Å²) in [5.41, 5.74) is 4.03. The van der Waals surface area contributed by atoms with Crippen LogP contribution in [0.5, 0.6) is 0 Å². The van der Waals surface area contributed by atoms with Gasteiger partial charge in [-0.3, -0.25) is 0 Å². The molecule has 0 amide bonds. The van der Waals surface area contributed by atoms with Crippen LogP contribution in [0.25, 0.3) is 0 Å². The van der Waals surface area contributed by atoms with Crippen LogP contribution in [-0.4, -0.2) is 6.04 Å². The smallest absolute Gasteiger partial charge is 0.328 e. The second-order valence-electron chi connectivity index (χ2n) is 5.00. The number of benzene rings is 1. The fourth-order valence-corrected chi connectivity index (χ4v) is 2.62. The lowest BCUT2D eigenvalue weighted by atomic mass is 9.89. The lowest BCUT2D eigenvalue weighted by molar-refractivity contribution is -0.137. The third-order valence-corrected chi connectivity index (χ3v) is 3.53. The van der Waals surface area contributed by atoms with Gasteiger partial charge < -0.3 is 5.73 Å². The van der Waals surface area contributed by atoms with Crippen molar-refractivity contribution in [2.45, 2.75) is 44.1 Å². The molecule has 0 aliphatic heterocycles. The lowest BCUT2D eigenvalue weighted by Gasteiger charge is -2.23. The highest BCUT2D eigenvalue weighted by Crippen LogP contribution is 2.44. The zero-order chi connectivity index (χ0) is 13.6. The van der Waals surface area contributed by atoms with Crippen molar-refractivity contribution in [3.63, 3.8) is 0 Å². The molecule has 1 fully saturated rings. The van der Waals surface area contributed by atoms with Crippen molar-refractivity contribution in [3.8, 4) is 0 Å². The summed E-state index contributed by atoms with van der Waals surface area (Å²) in [6.45, 7) is 1.51. The van der Waals surface area contributed by atoms with E-state index in [-0.39, 0.29) is 18.9 Å². The molecule has 1 nitrogen and oxygen atoms in total. The summed E-state index contributed by atoms with van der Waals surface area (Å²) in [6.07, 6.45) is -3.37. The summed E-state index contributed by atoms with van der Waals surface area (Å²) in [5.74, 6) is 0. The Labute approximate surface area is 103 Å². The monoisotopic (exact) mass is 261 g/mol. The Morgan fingerprint density at radius 3 is 2.44 bits per heavy atom. The molecule has 0 bridgehead atoms. The first-order valence-electron chi connectivity index (χ1n) is 5.85. The van der Waals surface area contributed by atoms with Crippen molar-refractivity contribution in [1.82, 2.24) is 0 Å². The Kier molecular flexibility index (Phi) is 3.13. The van der Waals surface area contributed by atoms with Crippen molar-refractivity contribution in [2.24, 2.45) is 5.73 Å². The average Bonchev–Trinajstić information content (AvgIpc) is 2.58. The van der Waals surface area contributed by atoms with Crippen LogP contribution in [0, 0.1) is 6.92 Å². The minimum Gasteiger partial charge on any atom is -0.328 e. The topological polar surface area (TPSA) is 26.0 Å². The number of nitrogens with two attached hydrogens (primary N) is 1. The third kappa shape index (κ3) is 2.36. The fourth-order valence-electron chi connectivity index (χ4n) is 2.62. The van der Waals surface area contributed by atoms with Crippen molar-refractivity contribution < 1.29 is 17.6 Å². The molecule has 1 saturated carbocycles. The van der Waals surface area contributed by atoms with Crippen LogP contribution in [0.3, 0.4) is 0 Å². The van der Waals surface area contributed by atoms with E-state index in [0.29, 0.717) is 17.5 Å². The van der Waals surface area contributed by atoms with Crippen LogP contribution >= 0.6 is 0 Å². The predicted octanol–water partition coefficient (Wildman–Crippen LogP) is 3.69. The van der Waals surface area contributed by atoms with Gasteiger partial charge in [-0.25, -0.2) is 4.39 Å². The van der Waals surface area contributed by atoms with Crippen molar-refractivity contribution in [1.29, 1.82) is 0 Å². The van der Waals surface area contributed by atoms with E-state index in [0.717, 1.165) is 12.1 Å². The van der Waals surface area contributed by atoms with Crippen LogP contribution in [0.2, 0.25) is 0 Å². The van der Waals surface area contributed by atoms with Gasteiger partial charge in [0.25, 0.3) is 0 Å². The van der Waals surface area contributed by atoms with Gasteiger partial charge in [-0.15, -0.1) is 0 Å². The maximum absolute atomic E-state index is 14.6. The van der Waals surface area contributed by atoms with Gasteiger partial charge in [-0.2, -0.15) is 13.2 Å². The minimum atomic E-state index is -4.39. The molecule has 5 heteroatoms. The molecular formula is C13H15F4N. The Balaban J connectivity index is 2.36. The molecular weight excluding hydrogens is 246 g/mol. The molecule has 1 aromatic carbocycles. The quantitative estimate of drug-likeness (QED) is 0.766. The Hall–Kier alpha value is -1.10. The molecule has 2 rings (SSSR count). The van der Waals surface area contributed by atoms with Gasteiger partial charge in [0.1, 0.15) is 5.67 Å². The molecule has 0 aromatic heterocycles. The normalized spacial score (nSPS) is 28.7. The van der Waals surface area contributed by atoms with E-state index >= 15 is 0 Å². The number of halogens is 4. The van der Waals surface area contributed by atoms with Crippen LogP contribution in [0.4, 0.5) is 17.6 Å². The lowest BCUT2D eigenvalue weighted by Crippen LogP contribution is -2.22. The predicted molar refractivity (Wildman–Crippen MR) is 60.8 cm³/mol. The zero-order valence-corrected chi connectivity index (χ0v) is 10.0. The molecule has 0 spiro atoms. The Morgan fingerprint density at radius 2 is 2.00 bits per heavy atom. The molecule has 2 atom stereocenters. The van der Waals surface area contributed by atoms with Crippen molar-refractivity contribution in [3.05, 3.63) is 34.9 Å². The summed E-state index contributed by atoms with van der Waals surface area (Å²) >= 11 is 0. The summed E-state index contributed by atoms with van der Waals surface area (Å²) in [7, 11) is 0. The number of hydrogen-bond acceptors (Lipinski definition) is 1. The molecule has 1 aliphatic carbocycles. The van der Waals surface area contributed by atoms with E-state index < -0.39 is 17.4 Å². The Bertz CT molecular complexity index is 455. The van der Waals surface area contributed by atoms with E-state index in [1.807, 2.05) is 0 Å². The first kappa shape index (κ1) is 13.3. The number of alkyl halides is 4. The number of aryl methyl sites for hydroxylation is 1. The Morgan fingerprint density at radius 1 is 1.33 bits per heavy atom. The fraction of sp³-hybridized carbons (Fsp3) is 0.538. The van der Waals surface area contributed by atoms with Gasteiger partial charge in [0, 0.05) is 12.5 Å². The highest BCUT2D eigenvalue weighted by molar-refractivity contribution is 5.37. The highest BCUT2D eigenvalue weighted by Gasteiger charge is 2.41. The molecule has 100 valence electrons. The summed E-state index contributed by atoms with van der Waals surface area (Å²) < 4.78 is 52.2. The average molecular weight is 261 g/mol. The van der Waals surface area contributed by atoms with Crippen LogP contribution in [-0.2, 0) is 11.8 Å². The standard InChI is InChI=1S/C13H15F4N/c1-8-6-9(13(15,16)17)2-3-11(8)12(14)5-4-10(18)7-12/h2-3,6,10H,4-5,7,18H2,1H3. The van der Waals surface area contributed by atoms with Crippen molar-refractivity contribution in [2.75, 3.05) is 0 Å². The first-order chi connectivity index (χ1) is 8.22. The van der Waals surface area contributed by atoms with Gasteiger partial charge in [0.2, 0.25) is 0 Å². The van der Waals surface area contributed by atoms with Crippen LogP contribution < -0.4 is 5.73 Å².